The number of carbonyl (C=O) groups excluding carboxylic acids is 1. The number of hydrogen-bond donors (Lipinski definition) is 0. The Bertz CT molecular complexity index is 609. The highest BCUT2D eigenvalue weighted by Gasteiger charge is 2.14. The summed E-state index contributed by atoms with van der Waals surface area (Å²) in [7, 11) is 0. The Labute approximate surface area is 116 Å². The van der Waals surface area contributed by atoms with Gasteiger partial charge in [-0.1, -0.05) is 24.6 Å². The van der Waals surface area contributed by atoms with E-state index in [0.717, 1.165) is 12.7 Å². The number of nitrogens with zero attached hydrogens (tertiary/aromatic N) is 2. The van der Waals surface area contributed by atoms with E-state index in [9.17, 15) is 9.18 Å². The molecule has 2 rings (SSSR count). The van der Waals surface area contributed by atoms with Crippen molar-refractivity contribution in [1.29, 1.82) is 0 Å². The van der Waals surface area contributed by atoms with Gasteiger partial charge in [0.15, 0.2) is 6.29 Å². The van der Waals surface area contributed by atoms with Crippen LogP contribution in [0.4, 0.5) is 4.39 Å². The fraction of sp³-hybridized carbons (Fsp3) is 0.286. The number of hydrogen-bond acceptors (Lipinski definition) is 2. The zero-order valence-electron chi connectivity index (χ0n) is 10.7. The molecule has 0 radical (unpaired) electrons. The number of aromatic nitrogens is 2. The first-order valence-corrected chi connectivity index (χ1v) is 6.44. The van der Waals surface area contributed by atoms with Crippen molar-refractivity contribution in [2.24, 2.45) is 0 Å². The number of aldehydes is 1. The third kappa shape index (κ3) is 2.68. The van der Waals surface area contributed by atoms with E-state index in [-0.39, 0.29) is 11.1 Å². The van der Waals surface area contributed by atoms with Crippen LogP contribution in [0, 0.1) is 5.82 Å². The van der Waals surface area contributed by atoms with Crippen molar-refractivity contribution in [2.75, 3.05) is 0 Å². The van der Waals surface area contributed by atoms with Gasteiger partial charge in [0.2, 0.25) is 0 Å². The summed E-state index contributed by atoms with van der Waals surface area (Å²) in [6.45, 7) is 4.04. The molecule has 100 valence electrons. The first-order valence-electron chi connectivity index (χ1n) is 6.06. The largest absolute Gasteiger partial charge is 0.298 e. The van der Waals surface area contributed by atoms with Crippen molar-refractivity contribution in [1.82, 2.24) is 9.78 Å². The summed E-state index contributed by atoms with van der Waals surface area (Å²) in [6.07, 6.45) is 3.31. The molecule has 0 saturated heterocycles. The number of rotatable bonds is 4. The van der Waals surface area contributed by atoms with Gasteiger partial charge in [-0.05, 0) is 25.5 Å². The average Bonchev–Trinajstić information content (AvgIpc) is 2.85. The Morgan fingerprint density at radius 2 is 2.26 bits per heavy atom. The van der Waals surface area contributed by atoms with Crippen molar-refractivity contribution >= 4 is 17.9 Å². The van der Waals surface area contributed by atoms with Crippen LogP contribution in [0.15, 0.2) is 24.4 Å². The van der Waals surface area contributed by atoms with Gasteiger partial charge in [-0.25, -0.2) is 4.39 Å². The molecule has 1 unspecified atom stereocenters. The molecule has 1 aromatic carbocycles. The summed E-state index contributed by atoms with van der Waals surface area (Å²) in [5.41, 5.74) is 1.47. The lowest BCUT2D eigenvalue weighted by molar-refractivity contribution is 0.112. The van der Waals surface area contributed by atoms with E-state index in [1.54, 1.807) is 16.9 Å². The molecule has 1 atom stereocenters. The fourth-order valence-electron chi connectivity index (χ4n) is 1.77. The van der Waals surface area contributed by atoms with Crippen LogP contribution in [0.5, 0.6) is 0 Å². The average molecular weight is 281 g/mol. The first-order chi connectivity index (χ1) is 9.06. The smallest absolute Gasteiger partial charge is 0.153 e. The summed E-state index contributed by atoms with van der Waals surface area (Å²) in [6, 6.07) is 4.59. The van der Waals surface area contributed by atoms with Gasteiger partial charge in [-0.2, -0.15) is 5.10 Å². The van der Waals surface area contributed by atoms with Crippen LogP contribution in [0.2, 0.25) is 5.02 Å². The lowest BCUT2D eigenvalue weighted by atomic mass is 10.1. The normalized spacial score (nSPS) is 12.4. The van der Waals surface area contributed by atoms with E-state index in [2.05, 4.69) is 5.10 Å². The Hall–Kier alpha value is -1.68. The van der Waals surface area contributed by atoms with Gasteiger partial charge in [0.05, 0.1) is 10.6 Å². The number of carbonyl (C=O) groups is 1. The van der Waals surface area contributed by atoms with Crippen LogP contribution in [0.1, 0.15) is 36.7 Å². The Morgan fingerprint density at radius 3 is 2.84 bits per heavy atom. The quantitative estimate of drug-likeness (QED) is 0.790. The molecule has 0 bridgehead atoms. The molecular formula is C14H14ClFN2O. The molecule has 0 aliphatic carbocycles. The van der Waals surface area contributed by atoms with Crippen molar-refractivity contribution < 1.29 is 9.18 Å². The molecule has 1 heterocycles. The molecule has 0 fully saturated rings. The predicted octanol–water partition coefficient (Wildman–Crippen LogP) is 4.13. The maximum atomic E-state index is 13.5. The molecule has 5 heteroatoms. The molecule has 0 saturated carbocycles. The summed E-state index contributed by atoms with van der Waals surface area (Å²) in [4.78, 5) is 11.1. The van der Waals surface area contributed by atoms with Crippen molar-refractivity contribution in [3.05, 3.63) is 40.8 Å². The molecule has 1 aromatic heterocycles. The maximum Gasteiger partial charge on any atom is 0.153 e. The molecule has 19 heavy (non-hydrogen) atoms. The monoisotopic (exact) mass is 280 g/mol. The lowest BCUT2D eigenvalue weighted by Crippen LogP contribution is -2.04. The summed E-state index contributed by atoms with van der Waals surface area (Å²) in [5, 5.41) is 4.42. The van der Waals surface area contributed by atoms with E-state index in [1.807, 2.05) is 13.8 Å². The van der Waals surface area contributed by atoms with Crippen molar-refractivity contribution in [3.8, 4) is 11.3 Å². The topological polar surface area (TPSA) is 34.9 Å². The fourth-order valence-corrected chi connectivity index (χ4v) is 1.89. The second kappa shape index (κ2) is 5.53. The molecule has 0 spiro atoms. The second-order valence-electron chi connectivity index (χ2n) is 4.42. The third-order valence-electron chi connectivity index (χ3n) is 3.12. The highest BCUT2D eigenvalue weighted by atomic mass is 35.5. The SMILES string of the molecule is CCC(C)n1cc(C=O)c(-c2ccc(Cl)c(F)c2)n1. The second-order valence-corrected chi connectivity index (χ2v) is 4.82. The van der Waals surface area contributed by atoms with Crippen LogP contribution in [-0.4, -0.2) is 16.1 Å². The van der Waals surface area contributed by atoms with Gasteiger partial charge in [-0.15, -0.1) is 0 Å². The van der Waals surface area contributed by atoms with Crippen LogP contribution in [0.25, 0.3) is 11.3 Å². The molecular weight excluding hydrogens is 267 g/mol. The third-order valence-corrected chi connectivity index (χ3v) is 3.43. The first kappa shape index (κ1) is 13.7. The minimum atomic E-state index is -0.519. The molecule has 0 N–H and O–H groups in total. The minimum Gasteiger partial charge on any atom is -0.298 e. The van der Waals surface area contributed by atoms with E-state index in [4.69, 9.17) is 11.6 Å². The van der Waals surface area contributed by atoms with Crippen molar-refractivity contribution in [2.45, 2.75) is 26.3 Å². The molecule has 0 aliphatic rings. The summed E-state index contributed by atoms with van der Waals surface area (Å²) < 4.78 is 15.2. The van der Waals surface area contributed by atoms with Gasteiger partial charge in [-0.3, -0.25) is 9.48 Å². The van der Waals surface area contributed by atoms with Crippen molar-refractivity contribution in [3.63, 3.8) is 0 Å². The highest BCUT2D eigenvalue weighted by molar-refractivity contribution is 6.30. The van der Waals surface area contributed by atoms with Crippen LogP contribution >= 0.6 is 11.6 Å². The maximum absolute atomic E-state index is 13.5. The molecule has 0 amide bonds. The van der Waals surface area contributed by atoms with Gasteiger partial charge in [0.1, 0.15) is 11.5 Å². The zero-order chi connectivity index (χ0) is 14.0. The Kier molecular flexibility index (Phi) is 4.00. The standard InChI is InChI=1S/C14H14ClFN2O/c1-3-9(2)18-7-11(8-19)14(17-18)10-4-5-12(15)13(16)6-10/h4-9H,3H2,1-2H3. The number of benzene rings is 1. The highest BCUT2D eigenvalue weighted by Crippen LogP contribution is 2.26. The van der Waals surface area contributed by atoms with E-state index >= 15 is 0 Å². The van der Waals surface area contributed by atoms with Gasteiger partial charge in [0, 0.05) is 17.8 Å². The zero-order valence-corrected chi connectivity index (χ0v) is 11.5. The molecule has 3 nitrogen and oxygen atoms in total. The van der Waals surface area contributed by atoms with E-state index in [0.29, 0.717) is 16.8 Å². The Morgan fingerprint density at radius 1 is 1.53 bits per heavy atom. The summed E-state index contributed by atoms with van der Waals surface area (Å²) >= 11 is 5.65. The van der Waals surface area contributed by atoms with E-state index in [1.165, 1.54) is 12.1 Å². The Balaban J connectivity index is 2.51. The number of halogens is 2. The summed E-state index contributed by atoms with van der Waals surface area (Å²) in [5.74, 6) is -0.519. The predicted molar refractivity (Wildman–Crippen MR) is 73.0 cm³/mol. The van der Waals surface area contributed by atoms with E-state index < -0.39 is 5.82 Å². The minimum absolute atomic E-state index is 0.0535. The molecule has 0 aliphatic heterocycles. The molecule has 2 aromatic rings. The van der Waals surface area contributed by atoms with Crippen LogP contribution in [0.3, 0.4) is 0 Å². The van der Waals surface area contributed by atoms with Crippen LogP contribution in [-0.2, 0) is 0 Å². The van der Waals surface area contributed by atoms with Gasteiger partial charge in [0.25, 0.3) is 0 Å². The lowest BCUT2D eigenvalue weighted by Gasteiger charge is -2.08. The van der Waals surface area contributed by atoms with Crippen LogP contribution < -0.4 is 0 Å². The van der Waals surface area contributed by atoms with Gasteiger partial charge >= 0.3 is 0 Å². The van der Waals surface area contributed by atoms with Gasteiger partial charge < -0.3 is 0 Å².